The number of pyridine rings is 1. The van der Waals surface area contributed by atoms with E-state index in [1.165, 1.54) is 0 Å². The second kappa shape index (κ2) is 7.63. The van der Waals surface area contributed by atoms with Gasteiger partial charge in [0.2, 0.25) is 0 Å². The predicted molar refractivity (Wildman–Crippen MR) is 114 cm³/mol. The van der Waals surface area contributed by atoms with Crippen molar-refractivity contribution < 1.29 is 9.32 Å². The lowest BCUT2D eigenvalue weighted by Gasteiger charge is -2.09. The van der Waals surface area contributed by atoms with E-state index in [2.05, 4.69) is 20.8 Å². The minimum atomic E-state index is -0.285. The number of hydrogen-bond donors (Lipinski definition) is 3. The number of carbonyl (C=O) groups excluding carboxylic acids is 1. The summed E-state index contributed by atoms with van der Waals surface area (Å²) in [6.45, 7) is 3.88. The van der Waals surface area contributed by atoms with Gasteiger partial charge in [0.1, 0.15) is 0 Å². The van der Waals surface area contributed by atoms with E-state index in [0.29, 0.717) is 23.6 Å². The fourth-order valence-corrected chi connectivity index (χ4v) is 3.27. The number of anilines is 3. The van der Waals surface area contributed by atoms with Gasteiger partial charge in [0, 0.05) is 17.1 Å². The summed E-state index contributed by atoms with van der Waals surface area (Å²) in [5.41, 5.74) is 11.8. The van der Waals surface area contributed by atoms with E-state index < -0.39 is 0 Å². The number of amides is 2. The first-order valence-corrected chi connectivity index (χ1v) is 9.23. The van der Waals surface area contributed by atoms with E-state index in [-0.39, 0.29) is 6.03 Å². The van der Waals surface area contributed by atoms with E-state index >= 15 is 0 Å². The smallest absolute Gasteiger partial charge is 0.323 e. The number of nitrogen functional groups attached to an aromatic ring is 1. The molecule has 2 aromatic carbocycles. The molecule has 0 aliphatic rings. The molecule has 0 aliphatic heterocycles. The quantitative estimate of drug-likeness (QED) is 0.472. The monoisotopic (exact) mass is 387 g/mol. The lowest BCUT2D eigenvalue weighted by Crippen LogP contribution is -2.19. The molecule has 4 N–H and O–H groups in total. The van der Waals surface area contributed by atoms with Gasteiger partial charge in [-0.1, -0.05) is 29.4 Å². The molecule has 29 heavy (non-hydrogen) atoms. The van der Waals surface area contributed by atoms with Gasteiger partial charge in [0.15, 0.2) is 5.82 Å². The Balaban J connectivity index is 1.46. The maximum atomic E-state index is 12.2. The van der Waals surface area contributed by atoms with Gasteiger partial charge in [0.25, 0.3) is 5.71 Å². The zero-order valence-electron chi connectivity index (χ0n) is 16.2. The van der Waals surface area contributed by atoms with E-state index in [9.17, 15) is 4.79 Å². The van der Waals surface area contributed by atoms with Crippen molar-refractivity contribution in [3.63, 3.8) is 0 Å². The highest BCUT2D eigenvalue weighted by atomic mass is 16.5. The van der Waals surface area contributed by atoms with Crippen molar-refractivity contribution in [2.75, 3.05) is 16.4 Å². The van der Waals surface area contributed by atoms with Gasteiger partial charge < -0.3 is 20.9 Å². The highest BCUT2D eigenvalue weighted by molar-refractivity contribution is 5.99. The SMILES string of the molecule is Cc1cccc(NC(=O)Nc2ccc(Cc3cc(C)nc4onc(N)c34)cc2)c1. The number of benzene rings is 2. The third kappa shape index (κ3) is 4.19. The van der Waals surface area contributed by atoms with Crippen LogP contribution in [0.2, 0.25) is 0 Å². The molecule has 0 bridgehead atoms. The molecule has 0 spiro atoms. The molecule has 0 saturated heterocycles. The Hall–Kier alpha value is -3.87. The van der Waals surface area contributed by atoms with Crippen LogP contribution in [-0.4, -0.2) is 16.2 Å². The third-order valence-electron chi connectivity index (χ3n) is 4.56. The highest BCUT2D eigenvalue weighted by Gasteiger charge is 2.13. The Labute approximate surface area is 167 Å². The molecule has 0 radical (unpaired) electrons. The van der Waals surface area contributed by atoms with Crippen molar-refractivity contribution in [3.05, 3.63) is 77.0 Å². The molecule has 4 rings (SSSR count). The number of urea groups is 1. The van der Waals surface area contributed by atoms with Crippen molar-refractivity contribution in [2.45, 2.75) is 20.3 Å². The van der Waals surface area contributed by atoms with Crippen molar-refractivity contribution >= 4 is 34.3 Å². The maximum Gasteiger partial charge on any atom is 0.323 e. The van der Waals surface area contributed by atoms with Crippen molar-refractivity contribution in [1.29, 1.82) is 0 Å². The summed E-state index contributed by atoms with van der Waals surface area (Å²) >= 11 is 0. The largest absolute Gasteiger partial charge is 0.380 e. The molecule has 2 aromatic heterocycles. The molecular formula is C22H21N5O2. The number of aryl methyl sites for hydroxylation is 2. The van der Waals surface area contributed by atoms with Crippen LogP contribution in [0.1, 0.15) is 22.4 Å². The Kier molecular flexibility index (Phi) is 4.87. The van der Waals surface area contributed by atoms with Crippen LogP contribution < -0.4 is 16.4 Å². The van der Waals surface area contributed by atoms with Crippen LogP contribution in [0.5, 0.6) is 0 Å². The van der Waals surface area contributed by atoms with Crippen LogP contribution in [0.25, 0.3) is 11.1 Å². The topological polar surface area (TPSA) is 106 Å². The predicted octanol–water partition coefficient (Wildman–Crippen LogP) is 4.66. The molecule has 146 valence electrons. The number of rotatable bonds is 4. The van der Waals surface area contributed by atoms with Gasteiger partial charge in [0.05, 0.1) is 5.39 Å². The van der Waals surface area contributed by atoms with Gasteiger partial charge in [-0.25, -0.2) is 9.78 Å². The van der Waals surface area contributed by atoms with E-state index in [1.54, 1.807) is 0 Å². The fourth-order valence-electron chi connectivity index (χ4n) is 3.27. The number of nitrogens with one attached hydrogen (secondary N) is 2. The normalized spacial score (nSPS) is 10.8. The van der Waals surface area contributed by atoms with E-state index in [1.807, 2.05) is 68.4 Å². The van der Waals surface area contributed by atoms with Gasteiger partial charge in [-0.15, -0.1) is 0 Å². The summed E-state index contributed by atoms with van der Waals surface area (Å²) < 4.78 is 5.19. The van der Waals surface area contributed by atoms with Gasteiger partial charge in [-0.2, -0.15) is 0 Å². The third-order valence-corrected chi connectivity index (χ3v) is 4.56. The lowest BCUT2D eigenvalue weighted by molar-refractivity contribution is 0.262. The van der Waals surface area contributed by atoms with E-state index in [0.717, 1.165) is 33.5 Å². The number of nitrogens with two attached hydrogens (primary N) is 1. The van der Waals surface area contributed by atoms with Crippen LogP contribution in [0.15, 0.2) is 59.1 Å². The molecule has 2 heterocycles. The van der Waals surface area contributed by atoms with Crippen molar-refractivity contribution in [2.24, 2.45) is 0 Å². The molecule has 7 heteroatoms. The molecule has 0 aliphatic carbocycles. The highest BCUT2D eigenvalue weighted by Crippen LogP contribution is 2.26. The molecule has 0 atom stereocenters. The van der Waals surface area contributed by atoms with Crippen LogP contribution in [0.3, 0.4) is 0 Å². The zero-order chi connectivity index (χ0) is 20.4. The molecule has 0 unspecified atom stereocenters. The number of carbonyl (C=O) groups is 1. The number of fused-ring (bicyclic) bond motifs is 1. The van der Waals surface area contributed by atoms with Crippen molar-refractivity contribution in [1.82, 2.24) is 10.1 Å². The number of nitrogens with zero attached hydrogens (tertiary/aromatic N) is 2. The van der Waals surface area contributed by atoms with Gasteiger partial charge >= 0.3 is 6.03 Å². The van der Waals surface area contributed by atoms with E-state index in [4.69, 9.17) is 10.3 Å². The van der Waals surface area contributed by atoms with Crippen molar-refractivity contribution in [3.8, 4) is 0 Å². The van der Waals surface area contributed by atoms with Crippen LogP contribution in [0, 0.1) is 13.8 Å². The Morgan fingerprint density at radius 2 is 1.79 bits per heavy atom. The first-order chi connectivity index (χ1) is 14.0. The van der Waals surface area contributed by atoms with Crippen LogP contribution in [-0.2, 0) is 6.42 Å². The molecule has 0 saturated carbocycles. The minimum Gasteiger partial charge on any atom is -0.380 e. The Bertz CT molecular complexity index is 1180. The number of hydrogen-bond acceptors (Lipinski definition) is 5. The molecular weight excluding hydrogens is 366 g/mol. The lowest BCUT2D eigenvalue weighted by atomic mass is 10.0. The van der Waals surface area contributed by atoms with Crippen LogP contribution in [0.4, 0.5) is 22.0 Å². The average Bonchev–Trinajstić information content (AvgIpc) is 3.04. The maximum absolute atomic E-state index is 12.2. The summed E-state index contributed by atoms with van der Waals surface area (Å²) in [6, 6.07) is 17.0. The summed E-state index contributed by atoms with van der Waals surface area (Å²) in [5.74, 6) is 0.341. The first kappa shape index (κ1) is 18.5. The zero-order valence-corrected chi connectivity index (χ0v) is 16.2. The molecule has 2 amide bonds. The second-order valence-corrected chi connectivity index (χ2v) is 6.99. The molecule has 7 nitrogen and oxygen atoms in total. The Morgan fingerprint density at radius 1 is 1.03 bits per heavy atom. The molecule has 4 aromatic rings. The average molecular weight is 387 g/mol. The standard InChI is InChI=1S/C22H21N5O2/c1-13-4-3-5-18(10-13)26-22(28)25-17-8-6-15(7-9-17)12-16-11-14(2)24-21-19(16)20(23)27-29-21/h3-11H,12H2,1-2H3,(H2,23,27)(H2,25,26,28). The summed E-state index contributed by atoms with van der Waals surface area (Å²) in [4.78, 5) is 16.5. The summed E-state index contributed by atoms with van der Waals surface area (Å²) in [5, 5.41) is 10.2. The second-order valence-electron chi connectivity index (χ2n) is 6.99. The van der Waals surface area contributed by atoms with Crippen LogP contribution >= 0.6 is 0 Å². The van der Waals surface area contributed by atoms with Gasteiger partial charge in [-0.3, -0.25) is 0 Å². The minimum absolute atomic E-state index is 0.285. The van der Waals surface area contributed by atoms with Gasteiger partial charge in [-0.05, 0) is 67.3 Å². The summed E-state index contributed by atoms with van der Waals surface area (Å²) in [7, 11) is 0. The molecule has 0 fully saturated rings. The number of aromatic nitrogens is 2. The summed E-state index contributed by atoms with van der Waals surface area (Å²) in [6.07, 6.45) is 0.654. The Morgan fingerprint density at radius 3 is 2.55 bits per heavy atom. The first-order valence-electron chi connectivity index (χ1n) is 9.23. The fraction of sp³-hybridized carbons (Fsp3) is 0.136.